The van der Waals surface area contributed by atoms with Gasteiger partial charge in [0, 0.05) is 19.3 Å². The Labute approximate surface area is 427 Å². The van der Waals surface area contributed by atoms with Crippen molar-refractivity contribution >= 4 is 17.9 Å². The van der Waals surface area contributed by atoms with Crippen LogP contribution in [0.25, 0.3) is 0 Å². The fourth-order valence-corrected chi connectivity index (χ4v) is 8.29. The van der Waals surface area contributed by atoms with Gasteiger partial charge in [0.15, 0.2) is 6.10 Å². The van der Waals surface area contributed by atoms with Crippen LogP contribution in [-0.4, -0.2) is 37.2 Å². The number of carbonyl (C=O) groups excluding carboxylic acids is 3. The Hall–Kier alpha value is -3.15. The lowest BCUT2D eigenvalue weighted by molar-refractivity contribution is -0.167. The number of esters is 3. The van der Waals surface area contributed by atoms with E-state index in [1.54, 1.807) is 0 Å². The molecule has 0 fully saturated rings. The van der Waals surface area contributed by atoms with Gasteiger partial charge in [0.05, 0.1) is 0 Å². The first kappa shape index (κ1) is 65.8. The summed E-state index contributed by atoms with van der Waals surface area (Å²) in [7, 11) is 0. The molecule has 0 aliphatic rings. The van der Waals surface area contributed by atoms with Crippen molar-refractivity contribution in [2.75, 3.05) is 13.2 Å². The molecule has 0 saturated heterocycles. The van der Waals surface area contributed by atoms with E-state index in [4.69, 9.17) is 14.2 Å². The van der Waals surface area contributed by atoms with Crippen LogP contribution < -0.4 is 0 Å². The van der Waals surface area contributed by atoms with E-state index in [1.807, 2.05) is 0 Å². The molecule has 0 saturated carbocycles. The molecule has 1 unspecified atom stereocenters. The van der Waals surface area contributed by atoms with Gasteiger partial charge in [0.2, 0.25) is 0 Å². The Balaban J connectivity index is 4.32. The minimum Gasteiger partial charge on any atom is -0.462 e. The molecule has 0 radical (unpaired) electrons. The first-order chi connectivity index (χ1) is 34.0. The maximum atomic E-state index is 12.8. The van der Waals surface area contributed by atoms with Crippen LogP contribution >= 0.6 is 0 Å². The van der Waals surface area contributed by atoms with Crippen LogP contribution in [-0.2, 0) is 28.6 Å². The van der Waals surface area contributed by atoms with E-state index in [0.717, 1.165) is 103 Å². The normalized spacial score (nSPS) is 12.6. The van der Waals surface area contributed by atoms with Crippen LogP contribution in [0.15, 0.2) is 72.9 Å². The quantitative estimate of drug-likeness (QED) is 0.0262. The highest BCUT2D eigenvalue weighted by molar-refractivity contribution is 5.71. The van der Waals surface area contributed by atoms with Crippen molar-refractivity contribution in [2.45, 2.75) is 297 Å². The van der Waals surface area contributed by atoms with Crippen LogP contribution in [0.2, 0.25) is 0 Å². The molecule has 0 aromatic carbocycles. The zero-order valence-corrected chi connectivity index (χ0v) is 45.6. The highest BCUT2D eigenvalue weighted by atomic mass is 16.6. The molecule has 0 spiro atoms. The molecular weight excluding hydrogens is 853 g/mol. The predicted molar refractivity (Wildman–Crippen MR) is 298 cm³/mol. The fraction of sp³-hybridized carbons (Fsp3) is 0.762. The standard InChI is InChI=1S/C63H110O6/c1-4-7-10-13-16-19-22-24-26-28-29-30-31-32-33-35-36-38-41-44-47-50-53-56-62(65)68-59-60(58-67-61(64)55-52-49-46-43-40-21-18-15-12-9-6-3)69-63(66)57-54-51-48-45-42-39-37-34-27-25-23-20-17-14-11-8-5-2/h8,11,17,20,22,24-25,27-29,37,39,60H,4-7,9-10,12-16,18-19,21,23,26,30-36,38,40-59H2,1-3H3/b11-8-,20-17-,24-22-,27-25-,29-28-,39-37-. The van der Waals surface area contributed by atoms with Crippen molar-refractivity contribution in [3.05, 3.63) is 72.9 Å². The summed E-state index contributed by atoms with van der Waals surface area (Å²) in [5.74, 6) is -0.901. The van der Waals surface area contributed by atoms with E-state index in [-0.39, 0.29) is 31.1 Å². The largest absolute Gasteiger partial charge is 0.462 e. The Morgan fingerprint density at radius 2 is 0.565 bits per heavy atom. The highest BCUT2D eigenvalue weighted by Gasteiger charge is 2.19. The predicted octanol–water partition coefficient (Wildman–Crippen LogP) is 19.8. The second-order valence-electron chi connectivity index (χ2n) is 19.5. The van der Waals surface area contributed by atoms with Gasteiger partial charge in [-0.2, -0.15) is 0 Å². The molecule has 69 heavy (non-hydrogen) atoms. The molecule has 0 amide bonds. The van der Waals surface area contributed by atoms with Crippen LogP contribution in [0, 0.1) is 0 Å². The lowest BCUT2D eigenvalue weighted by Gasteiger charge is -2.18. The lowest BCUT2D eigenvalue weighted by Crippen LogP contribution is -2.30. The number of unbranched alkanes of at least 4 members (excludes halogenated alkanes) is 30. The number of rotatable bonds is 53. The van der Waals surface area contributed by atoms with Crippen molar-refractivity contribution in [1.29, 1.82) is 0 Å². The van der Waals surface area contributed by atoms with Gasteiger partial charge in [0.1, 0.15) is 13.2 Å². The monoisotopic (exact) mass is 963 g/mol. The van der Waals surface area contributed by atoms with Crippen molar-refractivity contribution in [2.24, 2.45) is 0 Å². The Morgan fingerprint density at radius 3 is 0.884 bits per heavy atom. The summed E-state index contributed by atoms with van der Waals surface area (Å²) in [6.45, 7) is 6.51. The van der Waals surface area contributed by atoms with E-state index in [1.165, 1.54) is 148 Å². The maximum Gasteiger partial charge on any atom is 0.306 e. The van der Waals surface area contributed by atoms with Crippen molar-refractivity contribution in [3.8, 4) is 0 Å². The summed E-state index contributed by atoms with van der Waals surface area (Å²) < 4.78 is 16.8. The van der Waals surface area contributed by atoms with E-state index in [9.17, 15) is 14.4 Å². The molecule has 0 N–H and O–H groups in total. The van der Waals surface area contributed by atoms with Gasteiger partial charge < -0.3 is 14.2 Å². The average molecular weight is 964 g/mol. The molecule has 0 aromatic heterocycles. The maximum absolute atomic E-state index is 12.8. The Kier molecular flexibility index (Phi) is 54.8. The zero-order valence-electron chi connectivity index (χ0n) is 45.6. The Morgan fingerprint density at radius 1 is 0.304 bits per heavy atom. The second-order valence-corrected chi connectivity index (χ2v) is 19.5. The van der Waals surface area contributed by atoms with Gasteiger partial charge in [-0.05, 0) is 89.9 Å². The van der Waals surface area contributed by atoms with Crippen LogP contribution in [0.5, 0.6) is 0 Å². The van der Waals surface area contributed by atoms with Gasteiger partial charge in [-0.25, -0.2) is 0 Å². The minimum atomic E-state index is -0.787. The van der Waals surface area contributed by atoms with Gasteiger partial charge in [-0.15, -0.1) is 0 Å². The molecule has 6 nitrogen and oxygen atoms in total. The summed E-state index contributed by atoms with van der Waals surface area (Å²) in [5, 5.41) is 0. The molecule has 6 heteroatoms. The SMILES string of the molecule is CC/C=C\C/C=C\C/C=C\C/C=C\CCCCCCC(=O)OC(COC(=O)CCCCCCCCCCCCC)COC(=O)CCCCCCCCCCCCC/C=C\C/C=C\CCCCCCC. The second kappa shape index (κ2) is 57.4. The van der Waals surface area contributed by atoms with E-state index in [0.29, 0.717) is 19.3 Å². The number of carbonyl (C=O) groups is 3. The lowest BCUT2D eigenvalue weighted by atomic mass is 10.0. The van der Waals surface area contributed by atoms with Gasteiger partial charge >= 0.3 is 17.9 Å². The molecule has 0 aliphatic carbocycles. The number of hydrogen-bond donors (Lipinski definition) is 0. The molecule has 0 rings (SSSR count). The van der Waals surface area contributed by atoms with Crippen LogP contribution in [0.1, 0.15) is 290 Å². The van der Waals surface area contributed by atoms with Crippen LogP contribution in [0.4, 0.5) is 0 Å². The summed E-state index contributed by atoms with van der Waals surface area (Å²) in [6, 6.07) is 0. The van der Waals surface area contributed by atoms with Gasteiger partial charge in [0.25, 0.3) is 0 Å². The third-order valence-electron chi connectivity index (χ3n) is 12.7. The van der Waals surface area contributed by atoms with E-state index in [2.05, 4.69) is 93.7 Å². The van der Waals surface area contributed by atoms with E-state index >= 15 is 0 Å². The molecular formula is C63H110O6. The van der Waals surface area contributed by atoms with Crippen molar-refractivity contribution < 1.29 is 28.6 Å². The molecule has 0 aliphatic heterocycles. The number of hydrogen-bond acceptors (Lipinski definition) is 6. The average Bonchev–Trinajstić information content (AvgIpc) is 3.35. The van der Waals surface area contributed by atoms with Crippen LogP contribution in [0.3, 0.4) is 0 Å². The third-order valence-corrected chi connectivity index (χ3v) is 12.7. The molecule has 0 heterocycles. The zero-order chi connectivity index (χ0) is 50.0. The molecule has 1 atom stereocenters. The summed E-state index contributed by atoms with van der Waals surface area (Å²) in [6.07, 6.45) is 73.3. The topological polar surface area (TPSA) is 78.9 Å². The number of allylic oxidation sites excluding steroid dienone is 12. The molecule has 398 valence electrons. The third kappa shape index (κ3) is 55.6. The van der Waals surface area contributed by atoms with Gasteiger partial charge in [-0.1, -0.05) is 254 Å². The number of ether oxygens (including phenoxy) is 3. The first-order valence-electron chi connectivity index (χ1n) is 29.4. The van der Waals surface area contributed by atoms with Crippen molar-refractivity contribution in [3.63, 3.8) is 0 Å². The van der Waals surface area contributed by atoms with E-state index < -0.39 is 6.10 Å². The summed E-state index contributed by atoms with van der Waals surface area (Å²) >= 11 is 0. The highest BCUT2D eigenvalue weighted by Crippen LogP contribution is 2.16. The summed E-state index contributed by atoms with van der Waals surface area (Å²) in [5.41, 5.74) is 0. The smallest absolute Gasteiger partial charge is 0.306 e. The fourth-order valence-electron chi connectivity index (χ4n) is 8.29. The minimum absolute atomic E-state index is 0.0838. The molecule has 0 bridgehead atoms. The van der Waals surface area contributed by atoms with Crippen molar-refractivity contribution in [1.82, 2.24) is 0 Å². The summed E-state index contributed by atoms with van der Waals surface area (Å²) in [4.78, 5) is 38.1. The molecule has 0 aromatic rings. The Bertz CT molecular complexity index is 1290. The first-order valence-corrected chi connectivity index (χ1v) is 29.4. The van der Waals surface area contributed by atoms with Gasteiger partial charge in [-0.3, -0.25) is 14.4 Å².